The minimum atomic E-state index is -0.353. The predicted molar refractivity (Wildman–Crippen MR) is 95.1 cm³/mol. The third-order valence-corrected chi connectivity index (χ3v) is 3.81. The molecule has 0 radical (unpaired) electrons. The molecule has 0 saturated carbocycles. The van der Waals surface area contributed by atoms with Crippen molar-refractivity contribution in [3.05, 3.63) is 56.7 Å². The predicted octanol–water partition coefficient (Wildman–Crippen LogP) is 2.66. The Balaban J connectivity index is 2.00. The van der Waals surface area contributed by atoms with Gasteiger partial charge in [0.05, 0.1) is 6.04 Å². The lowest BCUT2D eigenvalue weighted by atomic mass is 9.97. The molecule has 0 aliphatic heterocycles. The Morgan fingerprint density at radius 1 is 1.29 bits per heavy atom. The maximum Gasteiger partial charge on any atom is 0.273 e. The number of carbonyl (C=O) groups excluding carboxylic acids is 1. The molecule has 1 unspecified atom stereocenters. The highest BCUT2D eigenvalue weighted by atomic mass is 32.1. The number of aryl methyl sites for hydroxylation is 1. The zero-order valence-electron chi connectivity index (χ0n) is 13.8. The number of benzene rings is 1. The Kier molecular flexibility index (Phi) is 6.43. The van der Waals surface area contributed by atoms with Crippen LogP contribution in [0.1, 0.15) is 44.0 Å². The van der Waals surface area contributed by atoms with Gasteiger partial charge in [0.25, 0.3) is 5.56 Å². The first-order chi connectivity index (χ1) is 11.5. The quantitative estimate of drug-likeness (QED) is 0.672. The third kappa shape index (κ3) is 5.42. The standard InChI is InChI=1S/C17H22N4O2S/c1-11(2)10-14(12-6-4-3-5-7-12)18-15(22)9-8-13-16(23)19-17(24)21-20-13/h3-7,11,14H,8-10H2,1-2H3,(H,18,22)(H2,19,21,23,24). The van der Waals surface area contributed by atoms with Gasteiger partial charge in [-0.3, -0.25) is 19.7 Å². The number of amides is 1. The van der Waals surface area contributed by atoms with Gasteiger partial charge < -0.3 is 5.32 Å². The summed E-state index contributed by atoms with van der Waals surface area (Å²) in [6.45, 7) is 4.25. The topological polar surface area (TPSA) is 90.6 Å². The average Bonchev–Trinajstić information content (AvgIpc) is 2.54. The highest BCUT2D eigenvalue weighted by Gasteiger charge is 2.16. The van der Waals surface area contributed by atoms with Crippen LogP contribution in [0.15, 0.2) is 35.1 Å². The first-order valence-corrected chi connectivity index (χ1v) is 8.38. The summed E-state index contributed by atoms with van der Waals surface area (Å²) in [4.78, 5) is 26.4. The molecule has 0 fully saturated rings. The van der Waals surface area contributed by atoms with E-state index in [0.717, 1.165) is 12.0 Å². The number of hydrogen-bond acceptors (Lipinski definition) is 4. The van der Waals surface area contributed by atoms with E-state index >= 15 is 0 Å². The molecule has 1 heterocycles. The van der Waals surface area contributed by atoms with Crippen LogP contribution in [0, 0.1) is 10.7 Å². The van der Waals surface area contributed by atoms with Crippen LogP contribution in [0.3, 0.4) is 0 Å². The van der Waals surface area contributed by atoms with E-state index in [1.54, 1.807) is 0 Å². The summed E-state index contributed by atoms with van der Waals surface area (Å²) in [5.41, 5.74) is 1.01. The van der Waals surface area contributed by atoms with Gasteiger partial charge in [-0.05, 0) is 30.1 Å². The van der Waals surface area contributed by atoms with Gasteiger partial charge in [-0.15, -0.1) is 0 Å². The van der Waals surface area contributed by atoms with Crippen molar-refractivity contribution in [1.82, 2.24) is 20.5 Å². The third-order valence-electron chi connectivity index (χ3n) is 3.61. The zero-order valence-corrected chi connectivity index (χ0v) is 14.7. The fraction of sp³-hybridized carbons (Fsp3) is 0.412. The summed E-state index contributed by atoms with van der Waals surface area (Å²) >= 11 is 4.79. The number of rotatable bonds is 7. The van der Waals surface area contributed by atoms with E-state index in [-0.39, 0.29) is 40.8 Å². The number of carbonyl (C=O) groups is 1. The molecule has 0 saturated heterocycles. The Hall–Kier alpha value is -2.28. The van der Waals surface area contributed by atoms with E-state index in [1.807, 2.05) is 30.3 Å². The number of nitrogens with zero attached hydrogens (tertiary/aromatic N) is 1. The lowest BCUT2D eigenvalue weighted by Gasteiger charge is -2.21. The zero-order chi connectivity index (χ0) is 17.5. The van der Waals surface area contributed by atoms with Gasteiger partial charge in [-0.2, -0.15) is 5.10 Å². The number of aromatic nitrogens is 3. The molecule has 1 atom stereocenters. The lowest BCUT2D eigenvalue weighted by Crippen LogP contribution is -2.30. The van der Waals surface area contributed by atoms with Crippen molar-refractivity contribution in [3.8, 4) is 0 Å². The van der Waals surface area contributed by atoms with E-state index in [4.69, 9.17) is 12.2 Å². The summed E-state index contributed by atoms with van der Waals surface area (Å²) < 4.78 is 0.175. The number of H-pyrrole nitrogens is 2. The fourth-order valence-electron chi connectivity index (χ4n) is 2.48. The SMILES string of the molecule is CC(C)CC(NC(=O)CCc1n[nH]c(=S)[nH]c1=O)c1ccccc1. The van der Waals surface area contributed by atoms with E-state index < -0.39 is 0 Å². The van der Waals surface area contributed by atoms with Gasteiger partial charge in [0.1, 0.15) is 5.69 Å². The molecular formula is C17H22N4O2S. The van der Waals surface area contributed by atoms with Crippen molar-refractivity contribution in [3.63, 3.8) is 0 Å². The van der Waals surface area contributed by atoms with Crippen molar-refractivity contribution in [2.24, 2.45) is 5.92 Å². The number of aromatic amines is 2. The second kappa shape index (κ2) is 8.54. The largest absolute Gasteiger partial charge is 0.349 e. The highest BCUT2D eigenvalue weighted by Crippen LogP contribution is 2.21. The summed E-state index contributed by atoms with van der Waals surface area (Å²) in [5, 5.41) is 9.47. The Labute approximate surface area is 145 Å². The van der Waals surface area contributed by atoms with Crippen molar-refractivity contribution in [2.75, 3.05) is 0 Å². The van der Waals surface area contributed by atoms with Crippen LogP contribution in [0.25, 0.3) is 0 Å². The Morgan fingerprint density at radius 3 is 2.62 bits per heavy atom. The fourth-order valence-corrected chi connectivity index (χ4v) is 2.61. The molecule has 1 aromatic carbocycles. The Morgan fingerprint density at radius 2 is 2.00 bits per heavy atom. The summed E-state index contributed by atoms with van der Waals surface area (Å²) in [6, 6.07) is 9.86. The molecule has 1 amide bonds. The van der Waals surface area contributed by atoms with Crippen molar-refractivity contribution < 1.29 is 4.79 Å². The van der Waals surface area contributed by atoms with Crippen LogP contribution >= 0.6 is 12.2 Å². The summed E-state index contributed by atoms with van der Waals surface area (Å²) in [6.07, 6.45) is 1.31. The smallest absolute Gasteiger partial charge is 0.273 e. The monoisotopic (exact) mass is 346 g/mol. The maximum atomic E-state index is 12.3. The minimum Gasteiger partial charge on any atom is -0.349 e. The molecule has 2 rings (SSSR count). The molecule has 24 heavy (non-hydrogen) atoms. The first kappa shape index (κ1) is 18.1. The molecule has 1 aromatic heterocycles. The van der Waals surface area contributed by atoms with Crippen molar-refractivity contribution >= 4 is 18.1 Å². The second-order valence-corrected chi connectivity index (χ2v) is 6.52. The molecular weight excluding hydrogens is 324 g/mol. The van der Waals surface area contributed by atoms with Gasteiger partial charge in [0.2, 0.25) is 5.91 Å². The van der Waals surface area contributed by atoms with Gasteiger partial charge in [-0.1, -0.05) is 44.2 Å². The van der Waals surface area contributed by atoms with E-state index in [9.17, 15) is 9.59 Å². The summed E-state index contributed by atoms with van der Waals surface area (Å²) in [5.74, 6) is 0.349. The van der Waals surface area contributed by atoms with Gasteiger partial charge in [-0.25, -0.2) is 0 Å². The second-order valence-electron chi connectivity index (χ2n) is 6.11. The van der Waals surface area contributed by atoms with E-state index in [2.05, 4.69) is 34.3 Å². The molecule has 0 aliphatic rings. The van der Waals surface area contributed by atoms with Crippen molar-refractivity contribution in [1.29, 1.82) is 0 Å². The van der Waals surface area contributed by atoms with Crippen LogP contribution in [0.4, 0.5) is 0 Å². The van der Waals surface area contributed by atoms with E-state index in [0.29, 0.717) is 5.92 Å². The van der Waals surface area contributed by atoms with Gasteiger partial charge in [0.15, 0.2) is 4.77 Å². The molecule has 0 aliphatic carbocycles. The van der Waals surface area contributed by atoms with Gasteiger partial charge >= 0.3 is 0 Å². The maximum absolute atomic E-state index is 12.3. The molecule has 0 spiro atoms. The van der Waals surface area contributed by atoms with Crippen LogP contribution in [0.5, 0.6) is 0 Å². The molecule has 7 heteroatoms. The molecule has 3 N–H and O–H groups in total. The van der Waals surface area contributed by atoms with Crippen LogP contribution in [0.2, 0.25) is 0 Å². The van der Waals surface area contributed by atoms with Crippen LogP contribution in [-0.4, -0.2) is 21.1 Å². The molecule has 0 bridgehead atoms. The Bertz CT molecular complexity index is 783. The lowest BCUT2D eigenvalue weighted by molar-refractivity contribution is -0.121. The first-order valence-electron chi connectivity index (χ1n) is 7.98. The minimum absolute atomic E-state index is 0.0356. The molecule has 6 nitrogen and oxygen atoms in total. The number of nitrogens with one attached hydrogen (secondary N) is 3. The molecule has 128 valence electrons. The van der Waals surface area contributed by atoms with Crippen molar-refractivity contribution in [2.45, 2.75) is 39.2 Å². The van der Waals surface area contributed by atoms with Crippen LogP contribution in [-0.2, 0) is 11.2 Å². The van der Waals surface area contributed by atoms with Gasteiger partial charge in [0, 0.05) is 12.8 Å². The highest BCUT2D eigenvalue weighted by molar-refractivity contribution is 7.71. The van der Waals surface area contributed by atoms with Crippen LogP contribution < -0.4 is 10.9 Å². The summed E-state index contributed by atoms with van der Waals surface area (Å²) in [7, 11) is 0. The normalized spacial score (nSPS) is 12.1. The van der Waals surface area contributed by atoms with E-state index in [1.165, 1.54) is 0 Å². The average molecular weight is 346 g/mol. The number of hydrogen-bond donors (Lipinski definition) is 3. The molecule has 2 aromatic rings.